The molecule has 2 nitrogen and oxygen atoms in total. The summed E-state index contributed by atoms with van der Waals surface area (Å²) in [6.45, 7) is 0. The summed E-state index contributed by atoms with van der Waals surface area (Å²) in [5, 5.41) is 0.686. The molecule has 6 heteroatoms. The van der Waals surface area contributed by atoms with E-state index in [4.69, 9.17) is 23.8 Å². The molecule has 0 fully saturated rings. The molecular weight excluding hydrogens is 411 g/mol. The van der Waals surface area contributed by atoms with Crippen molar-refractivity contribution < 1.29 is 0 Å². The Hall–Kier alpha value is -0.620. The van der Waals surface area contributed by atoms with Crippen LogP contribution in [0.15, 0.2) is 45.3 Å². The van der Waals surface area contributed by atoms with E-state index in [-0.39, 0.29) is 0 Å². The minimum Gasteiger partial charge on any atom is -0.330 e. The van der Waals surface area contributed by atoms with E-state index in [1.807, 2.05) is 41.0 Å². The van der Waals surface area contributed by atoms with Gasteiger partial charge in [0.2, 0.25) is 0 Å². The normalized spacial score (nSPS) is 11.1. The molecular formula is C13H7Br2ClN2S. The Kier molecular flexibility index (Phi) is 3.55. The topological polar surface area (TPSA) is 20.7 Å². The number of nitrogens with one attached hydrogen (secondary N) is 1. The molecule has 19 heavy (non-hydrogen) atoms. The summed E-state index contributed by atoms with van der Waals surface area (Å²) < 4.78 is 4.60. The SMILES string of the molecule is S=c1[nH]c2cc(Cl)ccc2n1-c1ccc(Br)cc1Br. The average Bonchev–Trinajstić information content (AvgIpc) is 2.65. The number of imidazole rings is 1. The molecule has 0 bridgehead atoms. The van der Waals surface area contributed by atoms with Gasteiger partial charge in [0, 0.05) is 14.0 Å². The van der Waals surface area contributed by atoms with E-state index >= 15 is 0 Å². The standard InChI is InChI=1S/C13H7Br2ClN2S/c14-7-1-3-11(9(15)5-7)18-12-4-2-8(16)6-10(12)17-13(18)19/h1-6H,(H,17,19). The minimum absolute atomic E-state index is 0.639. The first-order valence-electron chi connectivity index (χ1n) is 5.42. The fourth-order valence-corrected chi connectivity index (χ4v) is 3.69. The molecule has 2 aromatic carbocycles. The molecule has 0 radical (unpaired) electrons. The van der Waals surface area contributed by atoms with Crippen LogP contribution in [0.5, 0.6) is 0 Å². The van der Waals surface area contributed by atoms with Crippen LogP contribution in [0.1, 0.15) is 0 Å². The second-order valence-electron chi connectivity index (χ2n) is 4.02. The van der Waals surface area contributed by atoms with Gasteiger partial charge in [-0.1, -0.05) is 27.5 Å². The monoisotopic (exact) mass is 416 g/mol. The summed E-state index contributed by atoms with van der Waals surface area (Å²) >= 11 is 18.4. The average molecular weight is 419 g/mol. The van der Waals surface area contributed by atoms with Gasteiger partial charge in [0.05, 0.1) is 16.7 Å². The molecule has 1 aromatic heterocycles. The van der Waals surface area contributed by atoms with Crippen molar-refractivity contribution in [1.29, 1.82) is 0 Å². The lowest BCUT2D eigenvalue weighted by atomic mass is 10.3. The third kappa shape index (κ3) is 2.40. The number of nitrogens with zero attached hydrogens (tertiary/aromatic N) is 1. The zero-order chi connectivity index (χ0) is 13.6. The third-order valence-corrected chi connectivity index (χ3v) is 4.44. The Bertz CT molecular complexity index is 838. The Balaban J connectivity index is 2.36. The van der Waals surface area contributed by atoms with Crippen LogP contribution >= 0.6 is 55.7 Å². The van der Waals surface area contributed by atoms with Crippen LogP contribution in [-0.2, 0) is 0 Å². The van der Waals surface area contributed by atoms with Crippen molar-refractivity contribution >= 4 is 66.7 Å². The first-order chi connectivity index (χ1) is 9.06. The highest BCUT2D eigenvalue weighted by Gasteiger charge is 2.10. The molecule has 1 heterocycles. The molecule has 0 atom stereocenters. The van der Waals surface area contributed by atoms with E-state index < -0.39 is 0 Å². The minimum atomic E-state index is 0.639. The van der Waals surface area contributed by atoms with Crippen molar-refractivity contribution in [3.05, 3.63) is 55.1 Å². The molecule has 0 spiro atoms. The highest BCUT2D eigenvalue weighted by Crippen LogP contribution is 2.29. The molecule has 96 valence electrons. The van der Waals surface area contributed by atoms with Crippen LogP contribution in [0, 0.1) is 4.77 Å². The second kappa shape index (κ2) is 5.05. The second-order valence-corrected chi connectivity index (χ2v) is 6.62. The number of hydrogen-bond donors (Lipinski definition) is 1. The summed E-state index contributed by atoms with van der Waals surface area (Å²) in [6, 6.07) is 11.7. The highest BCUT2D eigenvalue weighted by molar-refractivity contribution is 9.11. The van der Waals surface area contributed by atoms with Gasteiger partial charge < -0.3 is 4.98 Å². The molecule has 1 N–H and O–H groups in total. The van der Waals surface area contributed by atoms with Gasteiger partial charge in [-0.3, -0.25) is 4.57 Å². The van der Waals surface area contributed by atoms with Crippen molar-refractivity contribution in [3.8, 4) is 5.69 Å². The van der Waals surface area contributed by atoms with E-state index in [1.54, 1.807) is 0 Å². The lowest BCUT2D eigenvalue weighted by molar-refractivity contribution is 1.06. The number of benzene rings is 2. The van der Waals surface area contributed by atoms with Crippen molar-refractivity contribution in [2.45, 2.75) is 0 Å². The third-order valence-electron chi connectivity index (χ3n) is 2.79. The fraction of sp³-hybridized carbons (Fsp3) is 0. The van der Waals surface area contributed by atoms with Gasteiger partial charge in [-0.05, 0) is 64.5 Å². The van der Waals surface area contributed by atoms with Crippen LogP contribution < -0.4 is 0 Å². The molecule has 3 rings (SSSR count). The van der Waals surface area contributed by atoms with Gasteiger partial charge in [-0.2, -0.15) is 0 Å². The molecule has 0 aliphatic heterocycles. The van der Waals surface area contributed by atoms with Gasteiger partial charge in [-0.25, -0.2) is 0 Å². The quantitative estimate of drug-likeness (QED) is 0.491. The number of rotatable bonds is 1. The number of aromatic amines is 1. The zero-order valence-electron chi connectivity index (χ0n) is 9.45. The zero-order valence-corrected chi connectivity index (χ0v) is 14.2. The summed E-state index contributed by atoms with van der Waals surface area (Å²) in [5.41, 5.74) is 2.91. The fourth-order valence-electron chi connectivity index (χ4n) is 1.99. The first kappa shape index (κ1) is 13.4. The number of fused-ring (bicyclic) bond motifs is 1. The van der Waals surface area contributed by atoms with E-state index in [0.29, 0.717) is 9.79 Å². The summed E-state index contributed by atoms with van der Waals surface area (Å²) in [4.78, 5) is 3.17. The lowest BCUT2D eigenvalue weighted by Gasteiger charge is -2.07. The predicted molar refractivity (Wildman–Crippen MR) is 88.9 cm³/mol. The molecule has 0 aliphatic rings. The van der Waals surface area contributed by atoms with Crippen LogP contribution in [0.2, 0.25) is 5.02 Å². The van der Waals surface area contributed by atoms with E-state index in [0.717, 1.165) is 25.7 Å². The summed E-state index contributed by atoms with van der Waals surface area (Å²) in [6.07, 6.45) is 0. The number of aromatic nitrogens is 2. The molecule has 0 amide bonds. The maximum Gasteiger partial charge on any atom is 0.182 e. The first-order valence-corrected chi connectivity index (χ1v) is 7.79. The largest absolute Gasteiger partial charge is 0.330 e. The Morgan fingerprint density at radius 2 is 1.89 bits per heavy atom. The number of halogens is 3. The van der Waals surface area contributed by atoms with Crippen molar-refractivity contribution in [3.63, 3.8) is 0 Å². The van der Waals surface area contributed by atoms with Gasteiger partial charge in [0.1, 0.15) is 0 Å². The van der Waals surface area contributed by atoms with E-state index in [2.05, 4.69) is 36.8 Å². The van der Waals surface area contributed by atoms with Gasteiger partial charge in [0.25, 0.3) is 0 Å². The van der Waals surface area contributed by atoms with Gasteiger partial charge in [0.15, 0.2) is 4.77 Å². The maximum atomic E-state index is 6.00. The van der Waals surface area contributed by atoms with Crippen LogP contribution in [-0.4, -0.2) is 9.55 Å². The molecule has 0 aliphatic carbocycles. The highest BCUT2D eigenvalue weighted by atomic mass is 79.9. The maximum absolute atomic E-state index is 6.00. The van der Waals surface area contributed by atoms with E-state index in [9.17, 15) is 0 Å². The Labute approximate surface area is 136 Å². The Morgan fingerprint density at radius 1 is 1.11 bits per heavy atom. The van der Waals surface area contributed by atoms with Crippen molar-refractivity contribution in [2.24, 2.45) is 0 Å². The van der Waals surface area contributed by atoms with Crippen LogP contribution in [0.3, 0.4) is 0 Å². The molecule has 0 saturated heterocycles. The number of H-pyrrole nitrogens is 1. The molecule has 0 saturated carbocycles. The predicted octanol–water partition coefficient (Wildman–Crippen LogP) is 5.87. The number of hydrogen-bond acceptors (Lipinski definition) is 1. The van der Waals surface area contributed by atoms with Crippen LogP contribution in [0.25, 0.3) is 16.7 Å². The summed E-state index contributed by atoms with van der Waals surface area (Å²) in [5.74, 6) is 0. The van der Waals surface area contributed by atoms with Crippen molar-refractivity contribution in [2.75, 3.05) is 0 Å². The Morgan fingerprint density at radius 3 is 2.63 bits per heavy atom. The van der Waals surface area contributed by atoms with Gasteiger partial charge in [-0.15, -0.1) is 0 Å². The van der Waals surface area contributed by atoms with Gasteiger partial charge >= 0.3 is 0 Å². The smallest absolute Gasteiger partial charge is 0.182 e. The molecule has 3 aromatic rings. The van der Waals surface area contributed by atoms with E-state index in [1.165, 1.54) is 0 Å². The molecule has 0 unspecified atom stereocenters. The van der Waals surface area contributed by atoms with Crippen LogP contribution in [0.4, 0.5) is 0 Å². The summed E-state index contributed by atoms with van der Waals surface area (Å²) in [7, 11) is 0. The van der Waals surface area contributed by atoms with Crippen molar-refractivity contribution in [1.82, 2.24) is 9.55 Å². The lowest BCUT2D eigenvalue weighted by Crippen LogP contribution is -1.95.